The van der Waals surface area contributed by atoms with Crippen LogP contribution in [0.1, 0.15) is 15.9 Å². The molecule has 0 saturated heterocycles. The summed E-state index contributed by atoms with van der Waals surface area (Å²) in [7, 11) is 1.21. The molecule has 0 N–H and O–H groups in total. The van der Waals surface area contributed by atoms with Crippen molar-refractivity contribution in [1.82, 2.24) is 15.0 Å². The molecule has 6 heteroatoms. The minimum atomic E-state index is -0.692. The van der Waals surface area contributed by atoms with Gasteiger partial charge in [0.25, 0.3) is 0 Å². The normalized spacial score (nSPS) is 10.2. The third-order valence-corrected chi connectivity index (χ3v) is 2.29. The van der Waals surface area contributed by atoms with E-state index in [9.17, 15) is 9.18 Å². The summed E-state index contributed by atoms with van der Waals surface area (Å²) in [5, 5.41) is 7.35. The fourth-order valence-electron chi connectivity index (χ4n) is 1.46. The molecule has 0 unspecified atom stereocenters. The van der Waals surface area contributed by atoms with Gasteiger partial charge in [-0.25, -0.2) is 13.9 Å². The lowest BCUT2D eigenvalue weighted by molar-refractivity contribution is 0.0595. The maximum Gasteiger partial charge on any atom is 0.340 e. The van der Waals surface area contributed by atoms with Crippen LogP contribution in [-0.2, 0) is 11.3 Å². The number of methoxy groups -OCH3 is 1. The molecule has 0 aliphatic heterocycles. The van der Waals surface area contributed by atoms with Crippen LogP contribution in [0.4, 0.5) is 4.39 Å². The highest BCUT2D eigenvalue weighted by atomic mass is 19.1. The molecule has 0 aliphatic carbocycles. The lowest BCUT2D eigenvalue weighted by Gasteiger charge is -2.06. The first kappa shape index (κ1) is 11.3. The van der Waals surface area contributed by atoms with E-state index in [-0.39, 0.29) is 12.1 Å². The smallest absolute Gasteiger partial charge is 0.340 e. The van der Waals surface area contributed by atoms with Crippen molar-refractivity contribution < 1.29 is 13.9 Å². The zero-order chi connectivity index (χ0) is 12.3. The summed E-state index contributed by atoms with van der Waals surface area (Å²) in [5.41, 5.74) is 0.281. The van der Waals surface area contributed by atoms with Gasteiger partial charge >= 0.3 is 5.97 Å². The van der Waals surface area contributed by atoms with E-state index in [0.29, 0.717) is 5.56 Å². The summed E-state index contributed by atoms with van der Waals surface area (Å²) < 4.78 is 19.9. The van der Waals surface area contributed by atoms with Gasteiger partial charge in [-0.05, 0) is 6.07 Å². The molecule has 17 heavy (non-hydrogen) atoms. The Morgan fingerprint density at radius 1 is 1.53 bits per heavy atom. The number of carbonyl (C=O) groups excluding carboxylic acids is 1. The van der Waals surface area contributed by atoms with Gasteiger partial charge in [0.2, 0.25) is 0 Å². The summed E-state index contributed by atoms with van der Waals surface area (Å²) >= 11 is 0. The Morgan fingerprint density at radius 3 is 3.00 bits per heavy atom. The first-order valence-corrected chi connectivity index (χ1v) is 4.92. The first-order valence-electron chi connectivity index (χ1n) is 4.92. The molecular formula is C11H10FN3O2. The SMILES string of the molecule is COC(=O)c1cccc(Cn2ccnn2)c1F. The predicted octanol–water partition coefficient (Wildman–Crippen LogP) is 1.25. The Bertz CT molecular complexity index is 526. The maximum absolute atomic E-state index is 13.9. The number of ether oxygens (including phenoxy) is 1. The number of esters is 1. The van der Waals surface area contributed by atoms with Crippen LogP contribution in [0.3, 0.4) is 0 Å². The number of hydrogen-bond donors (Lipinski definition) is 0. The molecule has 0 fully saturated rings. The Kier molecular flexibility index (Phi) is 3.13. The van der Waals surface area contributed by atoms with E-state index < -0.39 is 11.8 Å². The number of rotatable bonds is 3. The molecule has 0 spiro atoms. The third kappa shape index (κ3) is 2.30. The van der Waals surface area contributed by atoms with E-state index in [0.717, 1.165) is 0 Å². The Hall–Kier alpha value is -2.24. The highest BCUT2D eigenvalue weighted by Crippen LogP contribution is 2.14. The van der Waals surface area contributed by atoms with Crippen molar-refractivity contribution >= 4 is 5.97 Å². The Labute approximate surface area is 96.8 Å². The zero-order valence-corrected chi connectivity index (χ0v) is 9.13. The van der Waals surface area contributed by atoms with E-state index in [1.165, 1.54) is 24.1 Å². The third-order valence-electron chi connectivity index (χ3n) is 2.29. The minimum absolute atomic E-state index is 0.0786. The minimum Gasteiger partial charge on any atom is -0.465 e. The van der Waals surface area contributed by atoms with E-state index >= 15 is 0 Å². The predicted molar refractivity (Wildman–Crippen MR) is 56.9 cm³/mol. The summed E-state index contributed by atoms with van der Waals surface area (Å²) in [6.07, 6.45) is 3.12. The number of benzene rings is 1. The largest absolute Gasteiger partial charge is 0.465 e. The van der Waals surface area contributed by atoms with Crippen molar-refractivity contribution in [3.8, 4) is 0 Å². The van der Waals surface area contributed by atoms with Crippen LogP contribution in [0.25, 0.3) is 0 Å². The van der Waals surface area contributed by atoms with E-state index in [4.69, 9.17) is 0 Å². The molecule has 0 aliphatic rings. The quantitative estimate of drug-likeness (QED) is 0.751. The molecule has 88 valence electrons. The number of aromatic nitrogens is 3. The summed E-state index contributed by atoms with van der Waals surface area (Å²) in [6.45, 7) is 0.219. The molecule has 0 amide bonds. The zero-order valence-electron chi connectivity index (χ0n) is 9.13. The molecule has 2 aromatic rings. The molecule has 2 rings (SSSR count). The van der Waals surface area contributed by atoms with E-state index in [1.54, 1.807) is 18.3 Å². The lowest BCUT2D eigenvalue weighted by atomic mass is 10.1. The van der Waals surface area contributed by atoms with Crippen LogP contribution in [0.15, 0.2) is 30.6 Å². The van der Waals surface area contributed by atoms with Crippen LogP contribution in [0.2, 0.25) is 0 Å². The van der Waals surface area contributed by atoms with Crippen LogP contribution in [0.5, 0.6) is 0 Å². The van der Waals surface area contributed by atoms with Gasteiger partial charge in [-0.15, -0.1) is 5.10 Å². The molecule has 0 atom stereocenters. The van der Waals surface area contributed by atoms with Gasteiger partial charge in [0, 0.05) is 11.8 Å². The first-order chi connectivity index (χ1) is 8.22. The molecule has 1 aromatic heterocycles. The monoisotopic (exact) mass is 235 g/mol. The van der Waals surface area contributed by atoms with Gasteiger partial charge < -0.3 is 4.74 Å². The Balaban J connectivity index is 2.32. The van der Waals surface area contributed by atoms with Gasteiger partial charge in [-0.1, -0.05) is 17.3 Å². The fourth-order valence-corrected chi connectivity index (χ4v) is 1.46. The summed E-state index contributed by atoms with van der Waals surface area (Å²) in [5.74, 6) is -1.28. The van der Waals surface area contributed by atoms with E-state index in [1.807, 2.05) is 0 Å². The molecule has 0 bridgehead atoms. The fraction of sp³-hybridized carbons (Fsp3) is 0.182. The molecule has 0 saturated carbocycles. The maximum atomic E-state index is 13.9. The van der Waals surface area contributed by atoms with Gasteiger partial charge in [-0.3, -0.25) is 0 Å². The van der Waals surface area contributed by atoms with Crippen LogP contribution >= 0.6 is 0 Å². The lowest BCUT2D eigenvalue weighted by Crippen LogP contribution is -2.09. The van der Waals surface area contributed by atoms with Crippen LogP contribution in [0, 0.1) is 5.82 Å². The molecule has 1 aromatic carbocycles. The van der Waals surface area contributed by atoms with Gasteiger partial charge in [0.15, 0.2) is 0 Å². The molecule has 1 heterocycles. The highest BCUT2D eigenvalue weighted by molar-refractivity contribution is 5.89. The summed E-state index contributed by atoms with van der Waals surface area (Å²) in [6, 6.07) is 4.57. The highest BCUT2D eigenvalue weighted by Gasteiger charge is 2.15. The Morgan fingerprint density at radius 2 is 2.35 bits per heavy atom. The summed E-state index contributed by atoms with van der Waals surface area (Å²) in [4.78, 5) is 11.3. The molecule has 5 nitrogen and oxygen atoms in total. The number of carbonyl (C=O) groups is 1. The number of halogens is 1. The number of nitrogens with zero attached hydrogens (tertiary/aromatic N) is 3. The molecular weight excluding hydrogens is 225 g/mol. The second-order valence-electron chi connectivity index (χ2n) is 3.37. The average molecular weight is 235 g/mol. The van der Waals surface area contributed by atoms with Crippen molar-refractivity contribution in [2.75, 3.05) is 7.11 Å². The van der Waals surface area contributed by atoms with Gasteiger partial charge in [-0.2, -0.15) is 0 Å². The van der Waals surface area contributed by atoms with Gasteiger partial charge in [0.05, 0.1) is 25.4 Å². The van der Waals surface area contributed by atoms with Crippen molar-refractivity contribution in [2.45, 2.75) is 6.54 Å². The van der Waals surface area contributed by atoms with Crippen molar-refractivity contribution in [3.05, 3.63) is 47.5 Å². The van der Waals surface area contributed by atoms with Crippen molar-refractivity contribution in [3.63, 3.8) is 0 Å². The average Bonchev–Trinajstić information content (AvgIpc) is 2.84. The van der Waals surface area contributed by atoms with Crippen LogP contribution < -0.4 is 0 Å². The van der Waals surface area contributed by atoms with Crippen LogP contribution in [-0.4, -0.2) is 28.1 Å². The van der Waals surface area contributed by atoms with Crippen molar-refractivity contribution in [1.29, 1.82) is 0 Å². The second-order valence-corrected chi connectivity index (χ2v) is 3.37. The number of hydrogen-bond acceptors (Lipinski definition) is 4. The second kappa shape index (κ2) is 4.73. The van der Waals surface area contributed by atoms with Gasteiger partial charge in [0.1, 0.15) is 5.82 Å². The standard InChI is InChI=1S/C11H10FN3O2/c1-17-11(16)9-4-2-3-8(10(9)12)7-15-6-5-13-14-15/h2-6H,7H2,1H3. The van der Waals surface area contributed by atoms with Crippen molar-refractivity contribution in [2.24, 2.45) is 0 Å². The molecule has 0 radical (unpaired) electrons. The topological polar surface area (TPSA) is 57.0 Å². The van der Waals surface area contributed by atoms with E-state index in [2.05, 4.69) is 15.0 Å².